The van der Waals surface area contributed by atoms with E-state index in [9.17, 15) is 0 Å². The number of benzene rings is 2. The normalized spacial score (nSPS) is 11.9. The van der Waals surface area contributed by atoms with Crippen molar-refractivity contribution in [3.63, 3.8) is 0 Å². The van der Waals surface area contributed by atoms with E-state index >= 15 is 0 Å². The number of aromatic nitrogens is 2. The van der Waals surface area contributed by atoms with Gasteiger partial charge in [0.15, 0.2) is 5.82 Å². The van der Waals surface area contributed by atoms with E-state index < -0.39 is 8.07 Å². The molecule has 1 N–H and O–H groups in total. The number of hydrogen-bond donors (Lipinski definition) is 1. The predicted molar refractivity (Wildman–Crippen MR) is 128 cm³/mol. The first-order chi connectivity index (χ1) is 13.9. The summed E-state index contributed by atoms with van der Waals surface area (Å²) in [6, 6.07) is 15.6. The summed E-state index contributed by atoms with van der Waals surface area (Å²) in [5, 5.41) is 10.1. The van der Waals surface area contributed by atoms with Crippen LogP contribution in [0.25, 0.3) is 22.0 Å². The topological polar surface area (TPSA) is 39.1 Å². The standard InChI is InChI=1S/C23H32ClN3OSi/c1-5-6-12-25-23-20-15-19(18-10-8-7-9-11-18)21(24)16-22(20)27(26-23)17-28-13-14-29(2,3)4/h7-11,15-16H,5-6,12-14,17H2,1-4H3,(H,25,26). The van der Waals surface area contributed by atoms with E-state index in [2.05, 4.69) is 50.1 Å². The smallest absolute Gasteiger partial charge is 0.156 e. The van der Waals surface area contributed by atoms with E-state index in [1.165, 1.54) is 0 Å². The largest absolute Gasteiger partial charge is 0.368 e. The Morgan fingerprint density at radius 1 is 1.14 bits per heavy atom. The van der Waals surface area contributed by atoms with Gasteiger partial charge in [-0.3, -0.25) is 0 Å². The van der Waals surface area contributed by atoms with Crippen molar-refractivity contribution in [1.82, 2.24) is 9.78 Å². The molecular formula is C23H32ClN3OSi. The van der Waals surface area contributed by atoms with E-state index in [0.717, 1.165) is 64.9 Å². The van der Waals surface area contributed by atoms with Crippen LogP contribution in [0.4, 0.5) is 5.82 Å². The van der Waals surface area contributed by atoms with Crippen molar-refractivity contribution in [3.05, 3.63) is 47.5 Å². The Morgan fingerprint density at radius 3 is 2.59 bits per heavy atom. The van der Waals surface area contributed by atoms with Gasteiger partial charge in [-0.05, 0) is 30.2 Å². The number of nitrogens with zero attached hydrogens (tertiary/aromatic N) is 2. The van der Waals surface area contributed by atoms with Crippen LogP contribution in [0.3, 0.4) is 0 Å². The van der Waals surface area contributed by atoms with Crippen molar-refractivity contribution in [3.8, 4) is 11.1 Å². The Bertz CT molecular complexity index is 935. The Hall–Kier alpha value is -1.82. The van der Waals surface area contributed by atoms with Crippen molar-refractivity contribution in [2.24, 2.45) is 0 Å². The van der Waals surface area contributed by atoms with Gasteiger partial charge in [0.1, 0.15) is 6.73 Å². The van der Waals surface area contributed by atoms with E-state index in [-0.39, 0.29) is 0 Å². The van der Waals surface area contributed by atoms with Gasteiger partial charge in [-0.25, -0.2) is 4.68 Å². The van der Waals surface area contributed by atoms with Gasteiger partial charge in [0.05, 0.1) is 10.5 Å². The summed E-state index contributed by atoms with van der Waals surface area (Å²) in [4.78, 5) is 0. The van der Waals surface area contributed by atoms with Crippen LogP contribution >= 0.6 is 11.6 Å². The van der Waals surface area contributed by atoms with Crippen molar-refractivity contribution in [2.75, 3.05) is 18.5 Å². The molecule has 3 aromatic rings. The minimum Gasteiger partial charge on any atom is -0.368 e. The molecule has 0 saturated heterocycles. The number of unbranched alkanes of at least 4 members (excludes halogenated alkanes) is 1. The summed E-state index contributed by atoms with van der Waals surface area (Å²) in [6.07, 6.45) is 2.26. The number of hydrogen-bond acceptors (Lipinski definition) is 3. The van der Waals surface area contributed by atoms with Crippen LogP contribution in [-0.4, -0.2) is 31.0 Å². The van der Waals surface area contributed by atoms with Gasteiger partial charge in [-0.1, -0.05) is 74.9 Å². The fourth-order valence-electron chi connectivity index (χ4n) is 3.18. The van der Waals surface area contributed by atoms with Crippen LogP contribution in [0, 0.1) is 0 Å². The van der Waals surface area contributed by atoms with Crippen LogP contribution in [-0.2, 0) is 11.5 Å². The summed E-state index contributed by atoms with van der Waals surface area (Å²) < 4.78 is 7.89. The second-order valence-electron chi connectivity index (χ2n) is 8.69. The average Bonchev–Trinajstić information content (AvgIpc) is 3.01. The van der Waals surface area contributed by atoms with Crippen LogP contribution in [0.15, 0.2) is 42.5 Å². The highest BCUT2D eigenvalue weighted by Gasteiger charge is 2.16. The molecule has 29 heavy (non-hydrogen) atoms. The van der Waals surface area contributed by atoms with Crippen molar-refractivity contribution in [2.45, 2.75) is 52.2 Å². The summed E-state index contributed by atoms with van der Waals surface area (Å²) in [5.41, 5.74) is 3.14. The number of rotatable bonds is 10. The zero-order valence-corrected chi connectivity index (χ0v) is 19.7. The number of nitrogens with one attached hydrogen (secondary N) is 1. The van der Waals surface area contributed by atoms with Crippen LogP contribution in [0.1, 0.15) is 19.8 Å². The van der Waals surface area contributed by atoms with Crippen LogP contribution < -0.4 is 5.32 Å². The van der Waals surface area contributed by atoms with Gasteiger partial charge >= 0.3 is 0 Å². The Balaban J connectivity index is 1.91. The van der Waals surface area contributed by atoms with E-state index in [1.807, 2.05) is 28.9 Å². The van der Waals surface area contributed by atoms with E-state index in [1.54, 1.807) is 0 Å². The molecular weight excluding hydrogens is 398 g/mol. The van der Waals surface area contributed by atoms with Crippen molar-refractivity contribution < 1.29 is 4.74 Å². The lowest BCUT2D eigenvalue weighted by atomic mass is 10.0. The first kappa shape index (κ1) is 21.9. The van der Waals surface area contributed by atoms with Crippen molar-refractivity contribution in [1.29, 1.82) is 0 Å². The summed E-state index contributed by atoms with van der Waals surface area (Å²) >= 11 is 6.67. The zero-order chi connectivity index (χ0) is 20.9. The minimum absolute atomic E-state index is 0.442. The molecule has 4 nitrogen and oxygen atoms in total. The second-order valence-corrected chi connectivity index (χ2v) is 14.7. The molecule has 1 aromatic heterocycles. The van der Waals surface area contributed by atoms with E-state index in [4.69, 9.17) is 21.4 Å². The van der Waals surface area contributed by atoms with Gasteiger partial charge in [0, 0.05) is 32.2 Å². The third-order valence-corrected chi connectivity index (χ3v) is 6.97. The molecule has 156 valence electrons. The molecule has 1 heterocycles. The summed E-state index contributed by atoms with van der Waals surface area (Å²) in [5.74, 6) is 0.899. The number of ether oxygens (including phenoxy) is 1. The highest BCUT2D eigenvalue weighted by atomic mass is 35.5. The van der Waals surface area contributed by atoms with E-state index in [0.29, 0.717) is 6.73 Å². The Morgan fingerprint density at radius 2 is 1.90 bits per heavy atom. The first-order valence-corrected chi connectivity index (χ1v) is 14.5. The average molecular weight is 430 g/mol. The maximum absolute atomic E-state index is 6.67. The number of anilines is 1. The fraction of sp³-hybridized carbons (Fsp3) is 0.435. The van der Waals surface area contributed by atoms with Gasteiger partial charge in [-0.15, -0.1) is 0 Å². The molecule has 0 spiro atoms. The Kier molecular flexibility index (Phi) is 7.38. The number of halogens is 1. The third kappa shape index (κ3) is 5.84. The molecule has 0 fully saturated rings. The monoisotopic (exact) mass is 429 g/mol. The van der Waals surface area contributed by atoms with Crippen molar-refractivity contribution >= 4 is 36.4 Å². The van der Waals surface area contributed by atoms with Crippen LogP contribution in [0.5, 0.6) is 0 Å². The SMILES string of the molecule is CCCCNc1nn(COCC[Si](C)(C)C)c2cc(Cl)c(-c3ccccc3)cc12. The predicted octanol–water partition coefficient (Wildman–Crippen LogP) is 6.88. The molecule has 0 radical (unpaired) electrons. The summed E-state index contributed by atoms with van der Waals surface area (Å²) in [6.45, 7) is 11.4. The zero-order valence-electron chi connectivity index (χ0n) is 18.0. The Labute approximate surface area is 180 Å². The lowest BCUT2D eigenvalue weighted by molar-refractivity contribution is 0.0819. The second kappa shape index (κ2) is 9.79. The van der Waals surface area contributed by atoms with Gasteiger partial charge < -0.3 is 10.1 Å². The molecule has 0 bridgehead atoms. The molecule has 0 amide bonds. The summed E-state index contributed by atoms with van der Waals surface area (Å²) in [7, 11) is -1.11. The molecule has 0 saturated carbocycles. The number of fused-ring (bicyclic) bond motifs is 1. The first-order valence-electron chi connectivity index (χ1n) is 10.5. The highest BCUT2D eigenvalue weighted by Crippen LogP contribution is 2.35. The fourth-order valence-corrected chi connectivity index (χ4v) is 4.20. The maximum atomic E-state index is 6.67. The van der Waals surface area contributed by atoms with Gasteiger partial charge in [0.25, 0.3) is 0 Å². The lowest BCUT2D eigenvalue weighted by Gasteiger charge is -2.15. The third-order valence-electron chi connectivity index (χ3n) is 4.96. The minimum atomic E-state index is -1.11. The molecule has 0 aliphatic rings. The maximum Gasteiger partial charge on any atom is 0.156 e. The molecule has 0 unspecified atom stereocenters. The van der Waals surface area contributed by atoms with Gasteiger partial charge in [0.2, 0.25) is 0 Å². The molecule has 0 aliphatic heterocycles. The van der Waals surface area contributed by atoms with Crippen LogP contribution in [0.2, 0.25) is 30.7 Å². The molecule has 0 aliphatic carbocycles. The highest BCUT2D eigenvalue weighted by molar-refractivity contribution is 6.76. The molecule has 6 heteroatoms. The quantitative estimate of drug-likeness (QED) is 0.282. The lowest BCUT2D eigenvalue weighted by Crippen LogP contribution is -2.22. The molecule has 3 rings (SSSR count). The van der Waals surface area contributed by atoms with Gasteiger partial charge in [-0.2, -0.15) is 5.10 Å². The molecule has 0 atom stereocenters. The molecule has 2 aromatic carbocycles.